The van der Waals surface area contributed by atoms with Crippen molar-refractivity contribution in [3.05, 3.63) is 23.8 Å². The van der Waals surface area contributed by atoms with E-state index in [0.717, 1.165) is 29.2 Å². The molecule has 0 bridgehead atoms. The summed E-state index contributed by atoms with van der Waals surface area (Å²) in [7, 11) is 1.68. The largest absolute Gasteiger partial charge is 0.496 e. The van der Waals surface area contributed by atoms with Gasteiger partial charge in [-0.05, 0) is 18.9 Å². The predicted molar refractivity (Wildman–Crippen MR) is 86.1 cm³/mol. The van der Waals surface area contributed by atoms with Gasteiger partial charge in [-0.25, -0.2) is 0 Å². The van der Waals surface area contributed by atoms with Gasteiger partial charge in [0.15, 0.2) is 11.5 Å². The van der Waals surface area contributed by atoms with E-state index >= 15 is 0 Å². The van der Waals surface area contributed by atoms with E-state index in [9.17, 15) is 0 Å². The Kier molecular flexibility index (Phi) is 6.45. The van der Waals surface area contributed by atoms with E-state index < -0.39 is 0 Å². The van der Waals surface area contributed by atoms with E-state index in [-0.39, 0.29) is 0 Å². The summed E-state index contributed by atoms with van der Waals surface area (Å²) in [6.07, 6.45) is 13.4. The maximum atomic E-state index is 5.41. The van der Waals surface area contributed by atoms with Gasteiger partial charge in [0.2, 0.25) is 6.79 Å². The highest BCUT2D eigenvalue weighted by atomic mass is 16.7. The lowest BCUT2D eigenvalue weighted by atomic mass is 10.1. The lowest BCUT2D eigenvalue weighted by molar-refractivity contribution is 0.174. The van der Waals surface area contributed by atoms with Crippen molar-refractivity contribution in [1.29, 1.82) is 0 Å². The average molecular weight is 290 g/mol. The second-order valence-electron chi connectivity index (χ2n) is 5.41. The summed E-state index contributed by atoms with van der Waals surface area (Å²) < 4.78 is 16.2. The summed E-state index contributed by atoms with van der Waals surface area (Å²) >= 11 is 0. The Morgan fingerprint density at radius 2 is 1.76 bits per heavy atom. The topological polar surface area (TPSA) is 27.7 Å². The molecule has 0 fully saturated rings. The second kappa shape index (κ2) is 8.60. The molecule has 0 saturated carbocycles. The van der Waals surface area contributed by atoms with Gasteiger partial charge in [0.25, 0.3) is 0 Å². The third kappa shape index (κ3) is 4.69. The first-order valence-electron chi connectivity index (χ1n) is 7.99. The van der Waals surface area contributed by atoms with Crippen LogP contribution >= 0.6 is 0 Å². The summed E-state index contributed by atoms with van der Waals surface area (Å²) in [6, 6.07) is 3.88. The molecule has 0 saturated heterocycles. The molecule has 0 N–H and O–H groups in total. The Labute approximate surface area is 127 Å². The number of unbranched alkanes of at least 4 members (excludes halogenated alkanes) is 6. The molecule has 0 spiro atoms. The smallest absolute Gasteiger partial charge is 0.231 e. The number of ether oxygens (including phenoxy) is 3. The van der Waals surface area contributed by atoms with E-state index in [0.29, 0.717) is 6.79 Å². The number of hydrogen-bond acceptors (Lipinski definition) is 3. The van der Waals surface area contributed by atoms with Crippen molar-refractivity contribution in [3.8, 4) is 17.2 Å². The van der Waals surface area contributed by atoms with E-state index in [2.05, 4.69) is 19.1 Å². The Morgan fingerprint density at radius 3 is 2.52 bits per heavy atom. The van der Waals surface area contributed by atoms with E-state index in [1.54, 1.807) is 7.11 Å². The molecule has 3 heteroatoms. The minimum absolute atomic E-state index is 0.295. The number of methoxy groups -OCH3 is 1. The van der Waals surface area contributed by atoms with Crippen LogP contribution in [-0.2, 0) is 0 Å². The van der Waals surface area contributed by atoms with Crippen LogP contribution in [0.15, 0.2) is 18.2 Å². The summed E-state index contributed by atoms with van der Waals surface area (Å²) in [5.74, 6) is 2.40. The van der Waals surface area contributed by atoms with Crippen molar-refractivity contribution in [2.75, 3.05) is 13.9 Å². The van der Waals surface area contributed by atoms with Gasteiger partial charge in [-0.3, -0.25) is 0 Å². The molecule has 1 aliphatic rings. The quantitative estimate of drug-likeness (QED) is 0.586. The highest BCUT2D eigenvalue weighted by Crippen LogP contribution is 2.38. The number of hydrogen-bond donors (Lipinski definition) is 0. The minimum Gasteiger partial charge on any atom is -0.496 e. The van der Waals surface area contributed by atoms with Crippen molar-refractivity contribution < 1.29 is 14.2 Å². The molecule has 3 nitrogen and oxygen atoms in total. The molecule has 1 aromatic rings. The SMILES string of the molecule is CCCCCCCC/C=C/c1cc2c(cc1OC)OCO2. The van der Waals surface area contributed by atoms with Crippen LogP contribution in [0.25, 0.3) is 6.08 Å². The molecular formula is C18H26O3. The molecule has 2 rings (SSSR count). The number of fused-ring (bicyclic) bond motifs is 1. The Hall–Kier alpha value is -1.64. The maximum absolute atomic E-state index is 5.41. The summed E-state index contributed by atoms with van der Waals surface area (Å²) in [5.41, 5.74) is 1.05. The molecule has 0 radical (unpaired) electrons. The third-order valence-corrected chi connectivity index (χ3v) is 3.75. The van der Waals surface area contributed by atoms with Crippen LogP contribution in [0.3, 0.4) is 0 Å². The lowest BCUT2D eigenvalue weighted by Crippen LogP contribution is -1.92. The van der Waals surface area contributed by atoms with Gasteiger partial charge in [0, 0.05) is 11.6 Å². The Bertz CT molecular complexity index is 466. The predicted octanol–water partition coefficient (Wildman–Crippen LogP) is 5.19. The zero-order valence-corrected chi connectivity index (χ0v) is 13.2. The van der Waals surface area contributed by atoms with Crippen molar-refractivity contribution in [2.45, 2.75) is 51.9 Å². The highest BCUT2D eigenvalue weighted by molar-refractivity contribution is 5.63. The van der Waals surface area contributed by atoms with E-state index in [4.69, 9.17) is 14.2 Å². The normalized spacial score (nSPS) is 13.0. The molecule has 0 aliphatic carbocycles. The molecule has 1 heterocycles. The fraction of sp³-hybridized carbons (Fsp3) is 0.556. The van der Waals surface area contributed by atoms with Gasteiger partial charge >= 0.3 is 0 Å². The molecule has 0 atom stereocenters. The lowest BCUT2D eigenvalue weighted by Gasteiger charge is -2.06. The molecule has 1 aromatic carbocycles. The first-order valence-corrected chi connectivity index (χ1v) is 7.99. The molecule has 116 valence electrons. The number of rotatable bonds is 9. The summed E-state index contributed by atoms with van der Waals surface area (Å²) in [6.45, 7) is 2.55. The van der Waals surface area contributed by atoms with Gasteiger partial charge in [0.05, 0.1) is 7.11 Å². The van der Waals surface area contributed by atoms with Crippen LogP contribution in [0.5, 0.6) is 17.2 Å². The monoisotopic (exact) mass is 290 g/mol. The van der Waals surface area contributed by atoms with Gasteiger partial charge in [-0.15, -0.1) is 0 Å². The van der Waals surface area contributed by atoms with Gasteiger partial charge in [0.1, 0.15) is 5.75 Å². The van der Waals surface area contributed by atoms with E-state index in [1.165, 1.54) is 38.5 Å². The highest BCUT2D eigenvalue weighted by Gasteiger charge is 2.16. The van der Waals surface area contributed by atoms with Crippen LogP contribution in [0.1, 0.15) is 57.4 Å². The molecule has 1 aliphatic heterocycles. The minimum atomic E-state index is 0.295. The van der Waals surface area contributed by atoms with Crippen molar-refractivity contribution in [3.63, 3.8) is 0 Å². The number of allylic oxidation sites excluding steroid dienone is 1. The number of benzene rings is 1. The maximum Gasteiger partial charge on any atom is 0.231 e. The molecular weight excluding hydrogens is 264 g/mol. The second-order valence-corrected chi connectivity index (χ2v) is 5.41. The molecule has 21 heavy (non-hydrogen) atoms. The third-order valence-electron chi connectivity index (χ3n) is 3.75. The van der Waals surface area contributed by atoms with Gasteiger partial charge in [-0.1, -0.05) is 51.2 Å². The van der Waals surface area contributed by atoms with Crippen molar-refractivity contribution >= 4 is 6.08 Å². The van der Waals surface area contributed by atoms with Crippen LogP contribution in [0.2, 0.25) is 0 Å². The zero-order chi connectivity index (χ0) is 14.9. The van der Waals surface area contributed by atoms with Crippen molar-refractivity contribution in [1.82, 2.24) is 0 Å². The van der Waals surface area contributed by atoms with Crippen LogP contribution in [0.4, 0.5) is 0 Å². The standard InChI is InChI=1S/C18H26O3/c1-3-4-5-6-7-8-9-10-11-15-12-17-18(21-14-20-17)13-16(15)19-2/h10-13H,3-9,14H2,1-2H3/b11-10+. The molecule has 0 unspecified atom stereocenters. The first kappa shape index (κ1) is 15.7. The molecule has 0 aromatic heterocycles. The van der Waals surface area contributed by atoms with Gasteiger partial charge in [-0.2, -0.15) is 0 Å². The van der Waals surface area contributed by atoms with E-state index in [1.807, 2.05) is 12.1 Å². The average Bonchev–Trinajstić information content (AvgIpc) is 2.96. The Morgan fingerprint density at radius 1 is 1.05 bits per heavy atom. The van der Waals surface area contributed by atoms with Gasteiger partial charge < -0.3 is 14.2 Å². The molecule has 0 amide bonds. The summed E-state index contributed by atoms with van der Waals surface area (Å²) in [5, 5.41) is 0. The summed E-state index contributed by atoms with van der Waals surface area (Å²) in [4.78, 5) is 0. The van der Waals surface area contributed by atoms with Crippen LogP contribution in [-0.4, -0.2) is 13.9 Å². The van der Waals surface area contributed by atoms with Crippen molar-refractivity contribution in [2.24, 2.45) is 0 Å². The fourth-order valence-corrected chi connectivity index (χ4v) is 2.50. The zero-order valence-electron chi connectivity index (χ0n) is 13.2. The van der Waals surface area contributed by atoms with Crippen LogP contribution in [0, 0.1) is 0 Å². The van der Waals surface area contributed by atoms with Crippen LogP contribution < -0.4 is 14.2 Å². The first-order chi connectivity index (χ1) is 10.3. The Balaban J connectivity index is 1.80. The fourth-order valence-electron chi connectivity index (χ4n) is 2.50.